The first-order valence-electron chi connectivity index (χ1n) is 6.07. The molecule has 0 spiro atoms. The van der Waals surface area contributed by atoms with Crippen molar-refractivity contribution in [2.24, 2.45) is 0 Å². The summed E-state index contributed by atoms with van der Waals surface area (Å²) in [7, 11) is 2.09. The number of rotatable bonds is 1. The molecule has 6 heteroatoms. The molecular formula is C12H15N3OS2. The van der Waals surface area contributed by atoms with E-state index in [2.05, 4.69) is 16.9 Å². The molecule has 1 unspecified atom stereocenters. The van der Waals surface area contributed by atoms with Crippen LogP contribution in [0, 0.1) is 4.77 Å². The van der Waals surface area contributed by atoms with Gasteiger partial charge in [0.1, 0.15) is 4.83 Å². The maximum absolute atomic E-state index is 12.5. The van der Waals surface area contributed by atoms with Gasteiger partial charge in [-0.3, -0.25) is 9.36 Å². The van der Waals surface area contributed by atoms with Crippen LogP contribution in [0.1, 0.15) is 18.9 Å². The zero-order valence-corrected chi connectivity index (χ0v) is 11.8. The molecule has 0 saturated carbocycles. The Morgan fingerprint density at radius 3 is 3.17 bits per heavy atom. The normalized spacial score (nSPS) is 21.5. The molecule has 0 aliphatic carbocycles. The highest BCUT2D eigenvalue weighted by Crippen LogP contribution is 2.21. The summed E-state index contributed by atoms with van der Waals surface area (Å²) in [5.74, 6) is 0. The maximum atomic E-state index is 12.5. The van der Waals surface area contributed by atoms with E-state index in [1.165, 1.54) is 11.3 Å². The van der Waals surface area contributed by atoms with Crippen molar-refractivity contribution in [2.45, 2.75) is 18.9 Å². The van der Waals surface area contributed by atoms with E-state index in [9.17, 15) is 4.79 Å². The van der Waals surface area contributed by atoms with E-state index in [-0.39, 0.29) is 11.6 Å². The number of nitrogens with zero attached hydrogens (tertiary/aromatic N) is 2. The quantitative estimate of drug-likeness (QED) is 0.816. The summed E-state index contributed by atoms with van der Waals surface area (Å²) in [6, 6.07) is 2.07. The number of thiophene rings is 1. The van der Waals surface area contributed by atoms with Crippen LogP contribution in [0.25, 0.3) is 10.2 Å². The number of aromatic nitrogens is 2. The Morgan fingerprint density at radius 2 is 2.39 bits per heavy atom. The number of fused-ring (bicyclic) bond motifs is 1. The third-order valence-electron chi connectivity index (χ3n) is 3.52. The van der Waals surface area contributed by atoms with Crippen molar-refractivity contribution in [1.82, 2.24) is 14.5 Å². The van der Waals surface area contributed by atoms with Gasteiger partial charge in [0.2, 0.25) is 0 Å². The second kappa shape index (κ2) is 4.60. The maximum Gasteiger partial charge on any atom is 0.263 e. The van der Waals surface area contributed by atoms with Gasteiger partial charge in [-0.15, -0.1) is 11.3 Å². The first-order valence-corrected chi connectivity index (χ1v) is 7.36. The van der Waals surface area contributed by atoms with Crippen LogP contribution in [0.15, 0.2) is 16.2 Å². The van der Waals surface area contributed by atoms with Crippen LogP contribution in [0.5, 0.6) is 0 Å². The zero-order chi connectivity index (χ0) is 12.7. The van der Waals surface area contributed by atoms with Gasteiger partial charge in [-0.25, -0.2) is 0 Å². The van der Waals surface area contributed by atoms with Crippen molar-refractivity contribution < 1.29 is 0 Å². The lowest BCUT2D eigenvalue weighted by atomic mass is 10.1. The van der Waals surface area contributed by atoms with Crippen molar-refractivity contribution in [3.63, 3.8) is 0 Å². The fraction of sp³-hybridized carbons (Fsp3) is 0.500. The lowest BCUT2D eigenvalue weighted by Crippen LogP contribution is -2.38. The van der Waals surface area contributed by atoms with Crippen LogP contribution >= 0.6 is 23.6 Å². The molecule has 0 amide bonds. The van der Waals surface area contributed by atoms with Gasteiger partial charge in [-0.2, -0.15) is 0 Å². The highest BCUT2D eigenvalue weighted by Gasteiger charge is 2.21. The Morgan fingerprint density at radius 1 is 1.56 bits per heavy atom. The lowest BCUT2D eigenvalue weighted by Gasteiger charge is -2.30. The predicted molar refractivity (Wildman–Crippen MR) is 77.0 cm³/mol. The smallest absolute Gasteiger partial charge is 0.263 e. The molecule has 0 bridgehead atoms. The Bertz CT molecular complexity index is 684. The lowest BCUT2D eigenvalue weighted by molar-refractivity contribution is 0.208. The molecule has 96 valence electrons. The van der Waals surface area contributed by atoms with E-state index in [1.807, 2.05) is 11.4 Å². The number of likely N-dealkylation sites (N-methyl/N-ethyl adjacent to an activating group) is 1. The van der Waals surface area contributed by atoms with Crippen LogP contribution in [0.2, 0.25) is 0 Å². The summed E-state index contributed by atoms with van der Waals surface area (Å²) >= 11 is 6.87. The zero-order valence-electron chi connectivity index (χ0n) is 10.2. The van der Waals surface area contributed by atoms with Gasteiger partial charge < -0.3 is 9.88 Å². The van der Waals surface area contributed by atoms with Crippen molar-refractivity contribution in [2.75, 3.05) is 20.1 Å². The predicted octanol–water partition coefficient (Wildman–Crippen LogP) is 2.39. The molecule has 0 radical (unpaired) electrons. The van der Waals surface area contributed by atoms with Gasteiger partial charge in [-0.05, 0) is 50.1 Å². The molecule has 1 aliphatic heterocycles. The molecule has 1 N–H and O–H groups in total. The summed E-state index contributed by atoms with van der Waals surface area (Å²) in [5.41, 5.74) is 0.0512. The second-order valence-corrected chi connectivity index (χ2v) is 6.13. The molecule has 18 heavy (non-hydrogen) atoms. The van der Waals surface area contributed by atoms with Gasteiger partial charge in [-0.1, -0.05) is 0 Å². The highest BCUT2D eigenvalue weighted by atomic mass is 32.1. The van der Waals surface area contributed by atoms with Gasteiger partial charge in [0.05, 0.1) is 11.4 Å². The van der Waals surface area contributed by atoms with E-state index < -0.39 is 0 Å². The monoisotopic (exact) mass is 281 g/mol. The summed E-state index contributed by atoms with van der Waals surface area (Å²) in [6.45, 7) is 2.00. The van der Waals surface area contributed by atoms with Crippen LogP contribution in [0.3, 0.4) is 0 Å². The SMILES string of the molecule is CN1CCCC(n2c(=S)[nH]c3sccc3c2=O)C1. The molecule has 1 atom stereocenters. The largest absolute Gasteiger partial charge is 0.323 e. The summed E-state index contributed by atoms with van der Waals surface area (Å²) in [4.78, 5) is 18.8. The summed E-state index contributed by atoms with van der Waals surface area (Å²) < 4.78 is 2.32. The number of H-pyrrole nitrogens is 1. The van der Waals surface area contributed by atoms with Gasteiger partial charge in [0.25, 0.3) is 5.56 Å². The average molecular weight is 281 g/mol. The molecule has 3 heterocycles. The van der Waals surface area contributed by atoms with E-state index in [1.54, 1.807) is 4.57 Å². The number of aromatic amines is 1. The minimum absolute atomic E-state index is 0.0512. The standard InChI is InChI=1S/C12H15N3OS2/c1-14-5-2-3-8(7-14)15-11(16)9-4-6-18-10(9)13-12(15)17/h4,6,8H,2-3,5,7H2,1H3,(H,13,17). The van der Waals surface area contributed by atoms with E-state index in [0.29, 0.717) is 4.77 Å². The Hall–Kier alpha value is -0.980. The van der Waals surface area contributed by atoms with Crippen LogP contribution in [0.4, 0.5) is 0 Å². The fourth-order valence-electron chi connectivity index (χ4n) is 2.64. The third-order valence-corrected chi connectivity index (χ3v) is 4.65. The summed E-state index contributed by atoms with van der Waals surface area (Å²) in [6.07, 6.45) is 2.14. The topological polar surface area (TPSA) is 41.0 Å². The Labute approximate surface area is 114 Å². The number of likely N-dealkylation sites (tertiary alicyclic amines) is 1. The van der Waals surface area contributed by atoms with E-state index in [4.69, 9.17) is 12.2 Å². The average Bonchev–Trinajstić information content (AvgIpc) is 2.77. The van der Waals surface area contributed by atoms with E-state index >= 15 is 0 Å². The number of hydrogen-bond donors (Lipinski definition) is 1. The van der Waals surface area contributed by atoms with Crippen LogP contribution in [-0.2, 0) is 0 Å². The number of hydrogen-bond acceptors (Lipinski definition) is 4. The third kappa shape index (κ3) is 1.94. The molecular weight excluding hydrogens is 266 g/mol. The molecule has 4 nitrogen and oxygen atoms in total. The highest BCUT2D eigenvalue weighted by molar-refractivity contribution is 7.71. The number of piperidine rings is 1. The van der Waals surface area contributed by atoms with Gasteiger partial charge in [0, 0.05) is 6.54 Å². The summed E-state index contributed by atoms with van der Waals surface area (Å²) in [5, 5.41) is 2.68. The first kappa shape index (κ1) is 12.1. The van der Waals surface area contributed by atoms with Crippen molar-refractivity contribution >= 4 is 33.8 Å². The van der Waals surface area contributed by atoms with Crippen LogP contribution < -0.4 is 5.56 Å². The van der Waals surface area contributed by atoms with Crippen molar-refractivity contribution in [1.29, 1.82) is 0 Å². The minimum atomic E-state index is 0.0512. The molecule has 1 fully saturated rings. The molecule has 1 saturated heterocycles. The number of nitrogens with one attached hydrogen (secondary N) is 1. The van der Waals surface area contributed by atoms with Gasteiger partial charge >= 0.3 is 0 Å². The molecule has 1 aliphatic rings. The second-order valence-electron chi connectivity index (χ2n) is 4.83. The fourth-order valence-corrected chi connectivity index (χ4v) is 3.81. The van der Waals surface area contributed by atoms with Crippen molar-refractivity contribution in [3.8, 4) is 0 Å². The van der Waals surface area contributed by atoms with Gasteiger partial charge in [0.15, 0.2) is 4.77 Å². The molecule has 2 aromatic rings. The Kier molecular flexibility index (Phi) is 3.09. The van der Waals surface area contributed by atoms with Crippen molar-refractivity contribution in [3.05, 3.63) is 26.6 Å². The van der Waals surface area contributed by atoms with Crippen LogP contribution in [-0.4, -0.2) is 34.6 Å². The Balaban J connectivity index is 2.16. The minimum Gasteiger partial charge on any atom is -0.323 e. The molecule has 2 aromatic heterocycles. The molecule has 3 rings (SSSR count). The van der Waals surface area contributed by atoms with E-state index in [0.717, 1.165) is 36.1 Å². The molecule has 0 aromatic carbocycles. The first-order chi connectivity index (χ1) is 8.66.